The summed E-state index contributed by atoms with van der Waals surface area (Å²) in [5.74, 6) is 1.63. The highest BCUT2D eigenvalue weighted by atomic mass is 79.9. The van der Waals surface area contributed by atoms with Gasteiger partial charge >= 0.3 is 0 Å². The number of aryl methyl sites for hydroxylation is 1. The average molecular weight is 350 g/mol. The van der Waals surface area contributed by atoms with Crippen molar-refractivity contribution in [2.24, 2.45) is 11.7 Å². The van der Waals surface area contributed by atoms with Gasteiger partial charge < -0.3 is 10.3 Å². The number of nitrogens with zero attached hydrogens (tertiary/aromatic N) is 2. The van der Waals surface area contributed by atoms with Crippen LogP contribution >= 0.6 is 15.9 Å². The van der Waals surface area contributed by atoms with Crippen LogP contribution < -0.4 is 5.73 Å². The lowest BCUT2D eigenvalue weighted by Crippen LogP contribution is -2.23. The van der Waals surface area contributed by atoms with Crippen LogP contribution in [0.3, 0.4) is 0 Å². The van der Waals surface area contributed by atoms with Gasteiger partial charge in [0.15, 0.2) is 0 Å². The van der Waals surface area contributed by atoms with Crippen molar-refractivity contribution in [3.8, 4) is 11.4 Å². The first kappa shape index (κ1) is 14.7. The second-order valence-electron chi connectivity index (χ2n) is 5.86. The van der Waals surface area contributed by atoms with E-state index in [1.165, 1.54) is 24.8 Å². The predicted octanol–water partition coefficient (Wildman–Crippen LogP) is 4.39. The van der Waals surface area contributed by atoms with Crippen LogP contribution in [0.25, 0.3) is 11.4 Å². The molecule has 0 amide bonds. The Hall–Kier alpha value is -1.20. The fourth-order valence-corrected chi connectivity index (χ4v) is 3.65. The summed E-state index contributed by atoms with van der Waals surface area (Å²) in [7, 11) is 0. The van der Waals surface area contributed by atoms with Crippen LogP contribution in [0.1, 0.15) is 49.6 Å². The van der Waals surface area contributed by atoms with Crippen molar-refractivity contribution in [3.63, 3.8) is 0 Å². The molecule has 1 fully saturated rings. The first-order valence-electron chi connectivity index (χ1n) is 7.51. The van der Waals surface area contributed by atoms with Gasteiger partial charge in [0.05, 0.1) is 6.04 Å². The van der Waals surface area contributed by atoms with Gasteiger partial charge in [0.1, 0.15) is 0 Å². The van der Waals surface area contributed by atoms with Crippen LogP contribution in [0.5, 0.6) is 0 Å². The molecule has 1 aromatic heterocycles. The van der Waals surface area contributed by atoms with Crippen molar-refractivity contribution in [1.29, 1.82) is 0 Å². The summed E-state index contributed by atoms with van der Waals surface area (Å²) < 4.78 is 6.39. The largest absolute Gasteiger partial charge is 0.337 e. The number of benzene rings is 1. The zero-order valence-corrected chi connectivity index (χ0v) is 13.8. The van der Waals surface area contributed by atoms with E-state index in [1.807, 2.05) is 18.2 Å². The molecular weight excluding hydrogens is 330 g/mol. The molecule has 21 heavy (non-hydrogen) atoms. The number of aromatic nitrogens is 2. The minimum atomic E-state index is -0.143. The Bertz CT molecular complexity index is 620. The lowest BCUT2D eigenvalue weighted by Gasteiger charge is -2.24. The molecule has 1 saturated carbocycles. The SMILES string of the molecule is Cc1ccc(-c2noc(C(N)C3CCCCC3)n2)c(Br)c1. The van der Waals surface area contributed by atoms with Gasteiger partial charge in [-0.05, 0) is 43.4 Å². The van der Waals surface area contributed by atoms with Crippen molar-refractivity contribution in [1.82, 2.24) is 10.1 Å². The Labute approximate surface area is 133 Å². The molecule has 0 saturated heterocycles. The molecule has 0 aliphatic heterocycles. The molecular formula is C16H20BrN3O. The van der Waals surface area contributed by atoms with E-state index in [-0.39, 0.29) is 6.04 Å². The maximum absolute atomic E-state index is 6.32. The fraction of sp³-hybridized carbons (Fsp3) is 0.500. The summed E-state index contributed by atoms with van der Waals surface area (Å²) in [5, 5.41) is 4.10. The molecule has 2 N–H and O–H groups in total. The summed E-state index contributed by atoms with van der Waals surface area (Å²) in [4.78, 5) is 4.51. The second kappa shape index (κ2) is 6.28. The Balaban J connectivity index is 1.82. The molecule has 1 aliphatic carbocycles. The van der Waals surface area contributed by atoms with E-state index in [2.05, 4.69) is 33.0 Å². The smallest absolute Gasteiger partial charge is 0.244 e. The van der Waals surface area contributed by atoms with Gasteiger partial charge in [-0.25, -0.2) is 0 Å². The number of hydrogen-bond acceptors (Lipinski definition) is 4. The summed E-state index contributed by atoms with van der Waals surface area (Å²) in [6.07, 6.45) is 6.14. The normalized spacial score (nSPS) is 17.9. The highest BCUT2D eigenvalue weighted by Crippen LogP contribution is 2.33. The zero-order valence-electron chi connectivity index (χ0n) is 12.2. The van der Waals surface area contributed by atoms with Crippen molar-refractivity contribution < 1.29 is 4.52 Å². The third-order valence-electron chi connectivity index (χ3n) is 4.25. The summed E-state index contributed by atoms with van der Waals surface area (Å²) in [5.41, 5.74) is 8.44. The van der Waals surface area contributed by atoms with Crippen molar-refractivity contribution in [3.05, 3.63) is 34.1 Å². The fourth-order valence-electron chi connectivity index (χ4n) is 2.98. The van der Waals surface area contributed by atoms with Gasteiger partial charge in [-0.3, -0.25) is 0 Å². The Morgan fingerprint density at radius 1 is 1.29 bits per heavy atom. The Kier molecular flexibility index (Phi) is 4.40. The van der Waals surface area contributed by atoms with Crippen LogP contribution in [0.4, 0.5) is 0 Å². The quantitative estimate of drug-likeness (QED) is 0.892. The van der Waals surface area contributed by atoms with Crippen LogP contribution in [-0.4, -0.2) is 10.1 Å². The third-order valence-corrected chi connectivity index (χ3v) is 4.91. The van der Waals surface area contributed by atoms with E-state index in [9.17, 15) is 0 Å². The monoisotopic (exact) mass is 349 g/mol. The zero-order chi connectivity index (χ0) is 14.8. The summed E-state index contributed by atoms with van der Waals surface area (Å²) >= 11 is 3.55. The molecule has 0 radical (unpaired) electrons. The molecule has 0 bridgehead atoms. The van der Waals surface area contributed by atoms with Gasteiger partial charge in [0.25, 0.3) is 0 Å². The molecule has 1 atom stereocenters. The lowest BCUT2D eigenvalue weighted by atomic mass is 9.84. The minimum absolute atomic E-state index is 0.143. The minimum Gasteiger partial charge on any atom is -0.337 e. The molecule has 2 aromatic rings. The number of nitrogens with two attached hydrogens (primary N) is 1. The molecule has 3 rings (SSSR count). The van der Waals surface area contributed by atoms with E-state index in [0.717, 1.165) is 22.9 Å². The van der Waals surface area contributed by atoms with E-state index in [1.54, 1.807) is 0 Å². The van der Waals surface area contributed by atoms with Gasteiger partial charge in [0, 0.05) is 10.0 Å². The molecule has 112 valence electrons. The topological polar surface area (TPSA) is 64.9 Å². The average Bonchev–Trinajstić information content (AvgIpc) is 2.97. The number of rotatable bonds is 3. The number of halogens is 1. The van der Waals surface area contributed by atoms with Crippen molar-refractivity contribution in [2.45, 2.75) is 45.1 Å². The first-order chi connectivity index (χ1) is 10.1. The molecule has 4 nitrogen and oxygen atoms in total. The number of hydrogen-bond donors (Lipinski definition) is 1. The Morgan fingerprint density at radius 2 is 2.05 bits per heavy atom. The van der Waals surface area contributed by atoms with E-state index < -0.39 is 0 Å². The van der Waals surface area contributed by atoms with Gasteiger partial charge in [-0.1, -0.05) is 46.4 Å². The maximum Gasteiger partial charge on any atom is 0.244 e. The van der Waals surface area contributed by atoms with Crippen LogP contribution in [-0.2, 0) is 0 Å². The third kappa shape index (κ3) is 3.19. The van der Waals surface area contributed by atoms with E-state index in [0.29, 0.717) is 17.6 Å². The van der Waals surface area contributed by atoms with Crippen molar-refractivity contribution in [2.75, 3.05) is 0 Å². The maximum atomic E-state index is 6.32. The van der Waals surface area contributed by atoms with Crippen LogP contribution in [0, 0.1) is 12.8 Å². The highest BCUT2D eigenvalue weighted by Gasteiger charge is 2.26. The van der Waals surface area contributed by atoms with Gasteiger partial charge in [-0.15, -0.1) is 0 Å². The molecule has 1 aromatic carbocycles. The van der Waals surface area contributed by atoms with E-state index in [4.69, 9.17) is 10.3 Å². The molecule has 1 aliphatic rings. The first-order valence-corrected chi connectivity index (χ1v) is 8.30. The summed E-state index contributed by atoms with van der Waals surface area (Å²) in [6.45, 7) is 2.05. The molecule has 5 heteroatoms. The second-order valence-corrected chi connectivity index (χ2v) is 6.72. The molecule has 1 unspecified atom stereocenters. The van der Waals surface area contributed by atoms with Crippen molar-refractivity contribution >= 4 is 15.9 Å². The van der Waals surface area contributed by atoms with Crippen LogP contribution in [0.2, 0.25) is 0 Å². The Morgan fingerprint density at radius 3 is 2.76 bits per heavy atom. The van der Waals surface area contributed by atoms with Gasteiger partial charge in [-0.2, -0.15) is 4.98 Å². The summed E-state index contributed by atoms with van der Waals surface area (Å²) in [6, 6.07) is 5.94. The molecule has 0 spiro atoms. The lowest BCUT2D eigenvalue weighted by molar-refractivity contribution is 0.255. The van der Waals surface area contributed by atoms with Gasteiger partial charge in [0.2, 0.25) is 11.7 Å². The van der Waals surface area contributed by atoms with E-state index >= 15 is 0 Å². The van der Waals surface area contributed by atoms with Crippen LogP contribution in [0.15, 0.2) is 27.2 Å². The predicted molar refractivity (Wildman–Crippen MR) is 85.7 cm³/mol. The molecule has 1 heterocycles. The standard InChI is InChI=1S/C16H20BrN3O/c1-10-7-8-12(13(17)9-10)15-19-16(21-20-15)14(18)11-5-3-2-4-6-11/h7-9,11,14H,2-6,18H2,1H3. The highest BCUT2D eigenvalue weighted by molar-refractivity contribution is 9.10.